The lowest BCUT2D eigenvalue weighted by Gasteiger charge is -2.40. The molecule has 1 unspecified atom stereocenters. The van der Waals surface area contributed by atoms with Gasteiger partial charge in [0.25, 0.3) is 0 Å². The Hall–Kier alpha value is -1.50. The van der Waals surface area contributed by atoms with Crippen molar-refractivity contribution in [3.63, 3.8) is 0 Å². The quantitative estimate of drug-likeness (QED) is 0.286. The molecule has 0 heterocycles. The number of hydrogen-bond acceptors (Lipinski definition) is 3. The third-order valence-corrected chi connectivity index (χ3v) is 2.84. The Morgan fingerprint density at radius 3 is 1.11 bits per heavy atom. The van der Waals surface area contributed by atoms with E-state index < -0.39 is 52.8 Å². The first-order valence-corrected chi connectivity index (χ1v) is 5.53. The molecule has 3 N–H and O–H groups in total. The fourth-order valence-electron chi connectivity index (χ4n) is 1.26. The van der Waals surface area contributed by atoms with Gasteiger partial charge in [0, 0.05) is 0 Å². The second-order valence-corrected chi connectivity index (χ2v) is 4.64. The highest BCUT2D eigenvalue weighted by Crippen LogP contribution is 2.62. The number of carbonyl (C=O) groups is 1. The molecule has 4 nitrogen and oxygen atoms in total. The molecule has 0 radical (unpaired) electrons. The smallest absolute Gasteiger partial charge is 0.460 e. The number of quaternary nitrogens is 1. The molecule has 19 heteroatoms. The minimum absolute atomic E-state index is 3.17. The summed E-state index contributed by atoms with van der Waals surface area (Å²) in [6.45, 7) is 0. The summed E-state index contributed by atoms with van der Waals surface area (Å²) in [6, 6.07) is 0. The minimum atomic E-state index is -8.52. The van der Waals surface area contributed by atoms with Crippen molar-refractivity contribution in [1.29, 1.82) is 0 Å². The first-order valence-electron chi connectivity index (χ1n) is 5.53. The van der Waals surface area contributed by atoms with E-state index in [4.69, 9.17) is 0 Å². The molecule has 0 aromatic heterocycles. The van der Waals surface area contributed by atoms with Gasteiger partial charge in [0.1, 0.15) is 0 Å². The van der Waals surface area contributed by atoms with Gasteiger partial charge in [0.15, 0.2) is 0 Å². The zero-order valence-electron chi connectivity index (χ0n) is 11.6. The molecule has 162 valence electrons. The molecule has 0 aliphatic carbocycles. The minimum Gasteiger partial charge on any atom is -0.606 e. The summed E-state index contributed by atoms with van der Waals surface area (Å²) in [5.41, 5.74) is 0. The van der Waals surface area contributed by atoms with Gasteiger partial charge in [0.05, 0.1) is 0 Å². The van der Waals surface area contributed by atoms with Crippen LogP contribution in [0.15, 0.2) is 0 Å². The van der Waals surface area contributed by atoms with Crippen LogP contribution in [0, 0.1) is 5.21 Å². The molecule has 0 spiro atoms. The van der Waals surface area contributed by atoms with Crippen molar-refractivity contribution >= 4 is 5.91 Å². The Balaban J connectivity index is 6.60. The molecule has 0 fully saturated rings. The summed E-state index contributed by atoms with van der Waals surface area (Å²) < 4.78 is 190. The van der Waals surface area contributed by atoms with Gasteiger partial charge in [-0.05, 0) is 0 Å². The van der Waals surface area contributed by atoms with Gasteiger partial charge in [-0.2, -0.15) is 71.7 Å². The molecular formula is C8H3F15N2O2. The van der Waals surface area contributed by atoms with Crippen molar-refractivity contribution in [2.24, 2.45) is 5.84 Å². The number of carbonyl (C=O) groups excluding carboxylic acids is 1. The molecule has 0 aliphatic rings. The molecule has 0 aromatic rings. The predicted octanol–water partition coefficient (Wildman–Crippen LogP) is 2.14. The highest BCUT2D eigenvalue weighted by molar-refractivity contribution is 5.76. The highest BCUT2D eigenvalue weighted by atomic mass is 19.4. The summed E-state index contributed by atoms with van der Waals surface area (Å²) in [7, 11) is 0. The molecule has 1 atom stereocenters. The molecule has 0 saturated heterocycles. The van der Waals surface area contributed by atoms with Crippen molar-refractivity contribution in [3.05, 3.63) is 5.21 Å². The van der Waals surface area contributed by atoms with Gasteiger partial charge < -0.3 is 5.21 Å². The third-order valence-electron chi connectivity index (χ3n) is 2.84. The maximum Gasteiger partial charge on any atom is 0.460 e. The summed E-state index contributed by atoms with van der Waals surface area (Å²) in [6.07, 6.45) is -7.73. The molecule has 0 bridgehead atoms. The number of alkyl halides is 15. The van der Waals surface area contributed by atoms with E-state index in [1.165, 1.54) is 0 Å². The number of nitrogens with two attached hydrogens (primary N) is 1. The van der Waals surface area contributed by atoms with Crippen LogP contribution in [0.25, 0.3) is 0 Å². The number of amides is 1. The van der Waals surface area contributed by atoms with Crippen LogP contribution in [-0.4, -0.2) is 47.6 Å². The zero-order chi connectivity index (χ0) is 22.7. The standard InChI is InChI=1S/C8H3F15N2O2/c9-2(10,1(26)25(24)27)3(11,12)4(13,14)5(15,16)6(17,18)7(19,20)8(21,22)23/h25H,24H2. The van der Waals surface area contributed by atoms with E-state index in [-0.39, 0.29) is 0 Å². The molecule has 0 aromatic carbocycles. The van der Waals surface area contributed by atoms with Crippen molar-refractivity contribution in [1.82, 2.24) is 0 Å². The Morgan fingerprint density at radius 2 is 0.852 bits per heavy atom. The predicted molar refractivity (Wildman–Crippen MR) is 49.3 cm³/mol. The second kappa shape index (κ2) is 6.26. The fraction of sp³-hybridized carbons (Fsp3) is 0.875. The molecule has 27 heavy (non-hydrogen) atoms. The van der Waals surface area contributed by atoms with E-state index in [1.807, 2.05) is 0 Å². The monoisotopic (exact) mass is 444 g/mol. The fourth-order valence-corrected chi connectivity index (χ4v) is 1.26. The summed E-state index contributed by atoms with van der Waals surface area (Å²) in [5.74, 6) is -49.2. The van der Waals surface area contributed by atoms with Crippen molar-refractivity contribution in [2.45, 2.75) is 41.7 Å². The third kappa shape index (κ3) is 3.18. The van der Waals surface area contributed by atoms with E-state index in [2.05, 4.69) is 5.84 Å². The van der Waals surface area contributed by atoms with Crippen molar-refractivity contribution < 1.29 is 75.8 Å². The van der Waals surface area contributed by atoms with Gasteiger partial charge in [-0.15, -0.1) is 0 Å². The summed E-state index contributed by atoms with van der Waals surface area (Å²) >= 11 is 0. The molecule has 0 saturated carbocycles. The lowest BCUT2D eigenvalue weighted by molar-refractivity contribution is -0.784. The number of nitrogens with one attached hydrogen (secondary N) is 1. The van der Waals surface area contributed by atoms with Crippen LogP contribution in [0.2, 0.25) is 0 Å². The molecule has 1 amide bonds. The topological polar surface area (TPSA) is 70.6 Å². The van der Waals surface area contributed by atoms with Crippen molar-refractivity contribution in [3.8, 4) is 0 Å². The molecule has 0 rings (SSSR count). The zero-order valence-corrected chi connectivity index (χ0v) is 11.6. The summed E-state index contributed by atoms with van der Waals surface area (Å²) in [4.78, 5) is 10.4. The van der Waals surface area contributed by atoms with Crippen LogP contribution in [0.5, 0.6) is 0 Å². The Kier molecular flexibility index (Phi) is 5.91. The average molecular weight is 444 g/mol. The van der Waals surface area contributed by atoms with Gasteiger partial charge in [0.2, 0.25) is 0 Å². The van der Waals surface area contributed by atoms with E-state index in [0.29, 0.717) is 0 Å². The van der Waals surface area contributed by atoms with Crippen LogP contribution in [-0.2, 0) is 4.79 Å². The van der Waals surface area contributed by atoms with Crippen LogP contribution < -0.4 is 11.0 Å². The average Bonchev–Trinajstić information content (AvgIpc) is 2.43. The van der Waals surface area contributed by atoms with E-state index in [1.54, 1.807) is 0 Å². The number of hydrogen-bond donors (Lipinski definition) is 2. The maximum absolute atomic E-state index is 13.0. The van der Waals surface area contributed by atoms with Gasteiger partial charge >= 0.3 is 47.6 Å². The largest absolute Gasteiger partial charge is 0.606 e. The maximum atomic E-state index is 13.0. The number of halogens is 15. The van der Waals surface area contributed by atoms with Crippen LogP contribution in [0.1, 0.15) is 0 Å². The van der Waals surface area contributed by atoms with Crippen LogP contribution in [0.4, 0.5) is 65.9 Å². The van der Waals surface area contributed by atoms with Gasteiger partial charge in [-0.3, -0.25) is 0 Å². The first-order chi connectivity index (χ1) is 11.4. The van der Waals surface area contributed by atoms with E-state index >= 15 is 0 Å². The van der Waals surface area contributed by atoms with Crippen LogP contribution >= 0.6 is 0 Å². The highest BCUT2D eigenvalue weighted by Gasteiger charge is 2.94. The summed E-state index contributed by atoms with van der Waals surface area (Å²) in [5, 5.41) is 6.89. The Morgan fingerprint density at radius 1 is 0.593 bits per heavy atom. The Bertz CT molecular complexity index is 581. The van der Waals surface area contributed by atoms with Crippen LogP contribution in [0.3, 0.4) is 0 Å². The Labute approximate surface area is 136 Å². The van der Waals surface area contributed by atoms with Gasteiger partial charge in [-0.25, -0.2) is 9.97 Å². The number of hydroxylamine groups is 1. The second-order valence-electron chi connectivity index (χ2n) is 4.64. The molecule has 0 aliphatic heterocycles. The van der Waals surface area contributed by atoms with Gasteiger partial charge in [-0.1, -0.05) is 0 Å². The molecular weight excluding hydrogens is 441 g/mol. The first kappa shape index (κ1) is 25.5. The lowest BCUT2D eigenvalue weighted by atomic mass is 9.91. The van der Waals surface area contributed by atoms with E-state index in [9.17, 15) is 75.9 Å². The number of rotatable bonds is 6. The SMILES string of the molecule is N[NH+]([O-])C(=O)C(F)(F)C(F)(F)C(F)(F)C(F)(F)C(F)(F)C(F)(F)C(F)(F)F. The van der Waals surface area contributed by atoms with E-state index in [0.717, 1.165) is 0 Å². The normalized spacial score (nSPS) is 17.1. The lowest BCUT2D eigenvalue weighted by Crippen LogP contribution is -3.18. The van der Waals surface area contributed by atoms with Crippen molar-refractivity contribution in [2.75, 3.05) is 0 Å².